The van der Waals surface area contributed by atoms with Crippen molar-refractivity contribution in [2.24, 2.45) is 5.73 Å². The van der Waals surface area contributed by atoms with E-state index in [1.807, 2.05) is 18.2 Å². The summed E-state index contributed by atoms with van der Waals surface area (Å²) >= 11 is 12.2. The van der Waals surface area contributed by atoms with Crippen LogP contribution in [0.4, 0.5) is 5.69 Å². The van der Waals surface area contributed by atoms with Crippen molar-refractivity contribution < 1.29 is 9.59 Å². The van der Waals surface area contributed by atoms with Crippen molar-refractivity contribution in [3.05, 3.63) is 63.6 Å². The molecule has 5 nitrogen and oxygen atoms in total. The van der Waals surface area contributed by atoms with Crippen molar-refractivity contribution in [3.63, 3.8) is 0 Å². The highest BCUT2D eigenvalue weighted by atomic mass is 35.5. The summed E-state index contributed by atoms with van der Waals surface area (Å²) in [6.45, 7) is 1.61. The van der Waals surface area contributed by atoms with Crippen molar-refractivity contribution in [2.75, 3.05) is 18.4 Å². The Morgan fingerprint density at radius 1 is 1.11 bits per heavy atom. The third kappa shape index (κ3) is 5.01. The van der Waals surface area contributed by atoms with Crippen LogP contribution in [-0.4, -0.2) is 29.8 Å². The number of amides is 2. The number of carbonyl (C=O) groups excluding carboxylic acids is 2. The minimum Gasteiger partial charge on any atom is -0.366 e. The Morgan fingerprint density at radius 3 is 2.52 bits per heavy atom. The lowest BCUT2D eigenvalue weighted by atomic mass is 10.0. The number of nitrogens with zero attached hydrogens (tertiary/aromatic N) is 1. The SMILES string of the molecule is NC(=O)c1ccc(NC(=O)CCN2CCCC2c2ccc(Cl)c(Cl)c2)cc1. The van der Waals surface area contributed by atoms with Crippen LogP contribution < -0.4 is 11.1 Å². The number of primary amides is 1. The summed E-state index contributed by atoms with van der Waals surface area (Å²) in [5, 5.41) is 3.95. The van der Waals surface area contributed by atoms with Crippen LogP contribution in [-0.2, 0) is 4.79 Å². The topological polar surface area (TPSA) is 75.4 Å². The second kappa shape index (κ2) is 8.74. The lowest BCUT2D eigenvalue weighted by Gasteiger charge is -2.25. The van der Waals surface area contributed by atoms with Crippen LogP contribution in [0.2, 0.25) is 10.0 Å². The zero-order valence-corrected chi connectivity index (χ0v) is 16.3. The Morgan fingerprint density at radius 2 is 1.85 bits per heavy atom. The van der Waals surface area contributed by atoms with Crippen LogP contribution in [0.3, 0.4) is 0 Å². The second-order valence-electron chi connectivity index (χ2n) is 6.61. The number of halogens is 2. The lowest BCUT2D eigenvalue weighted by Crippen LogP contribution is -2.27. The molecule has 7 heteroatoms. The fraction of sp³-hybridized carbons (Fsp3) is 0.300. The maximum absolute atomic E-state index is 12.3. The third-order valence-electron chi connectivity index (χ3n) is 4.77. The zero-order chi connectivity index (χ0) is 19.4. The van der Waals surface area contributed by atoms with Gasteiger partial charge in [-0.25, -0.2) is 0 Å². The number of benzene rings is 2. The number of anilines is 1. The van der Waals surface area contributed by atoms with Crippen LogP contribution in [0.25, 0.3) is 0 Å². The number of hydrogen-bond donors (Lipinski definition) is 2. The van der Waals surface area contributed by atoms with Gasteiger partial charge in [0.2, 0.25) is 11.8 Å². The summed E-state index contributed by atoms with van der Waals surface area (Å²) in [6, 6.07) is 12.5. The zero-order valence-electron chi connectivity index (χ0n) is 14.8. The maximum Gasteiger partial charge on any atom is 0.248 e. The van der Waals surface area contributed by atoms with E-state index in [9.17, 15) is 9.59 Å². The van der Waals surface area contributed by atoms with Crippen molar-refractivity contribution in [3.8, 4) is 0 Å². The van der Waals surface area contributed by atoms with E-state index in [0.29, 0.717) is 34.3 Å². The number of nitrogens with one attached hydrogen (secondary N) is 1. The number of carbonyl (C=O) groups is 2. The van der Waals surface area contributed by atoms with E-state index in [1.54, 1.807) is 24.3 Å². The molecule has 3 N–H and O–H groups in total. The summed E-state index contributed by atoms with van der Waals surface area (Å²) in [7, 11) is 0. The van der Waals surface area contributed by atoms with Gasteiger partial charge in [0.1, 0.15) is 0 Å². The number of nitrogens with two attached hydrogens (primary N) is 1. The van der Waals surface area contributed by atoms with Gasteiger partial charge in [-0.1, -0.05) is 29.3 Å². The molecule has 27 heavy (non-hydrogen) atoms. The molecule has 2 amide bonds. The lowest BCUT2D eigenvalue weighted by molar-refractivity contribution is -0.116. The van der Waals surface area contributed by atoms with E-state index in [4.69, 9.17) is 28.9 Å². The summed E-state index contributed by atoms with van der Waals surface area (Å²) in [5.74, 6) is -0.558. The molecule has 3 rings (SSSR count). The van der Waals surface area contributed by atoms with Gasteiger partial charge in [-0.15, -0.1) is 0 Å². The predicted molar refractivity (Wildman–Crippen MR) is 108 cm³/mol. The minimum absolute atomic E-state index is 0.0680. The third-order valence-corrected chi connectivity index (χ3v) is 5.51. The van der Waals surface area contributed by atoms with Crippen LogP contribution in [0, 0.1) is 0 Å². The van der Waals surface area contributed by atoms with E-state index in [1.165, 1.54) is 0 Å². The van der Waals surface area contributed by atoms with Crippen LogP contribution >= 0.6 is 23.2 Å². The smallest absolute Gasteiger partial charge is 0.248 e. The highest BCUT2D eigenvalue weighted by Crippen LogP contribution is 2.34. The van der Waals surface area contributed by atoms with Gasteiger partial charge >= 0.3 is 0 Å². The fourth-order valence-corrected chi connectivity index (χ4v) is 3.68. The molecular weight excluding hydrogens is 385 g/mol. The Balaban J connectivity index is 1.55. The highest BCUT2D eigenvalue weighted by Gasteiger charge is 2.26. The Hall–Kier alpha value is -2.08. The molecule has 2 aromatic rings. The summed E-state index contributed by atoms with van der Waals surface area (Å²) < 4.78 is 0. The van der Waals surface area contributed by atoms with Gasteiger partial charge in [0.05, 0.1) is 10.0 Å². The monoisotopic (exact) mass is 405 g/mol. The molecule has 0 radical (unpaired) electrons. The van der Waals surface area contributed by atoms with E-state index in [2.05, 4.69) is 10.2 Å². The molecule has 0 spiro atoms. The second-order valence-corrected chi connectivity index (χ2v) is 7.42. The molecule has 1 unspecified atom stereocenters. The largest absolute Gasteiger partial charge is 0.366 e. The van der Waals surface area contributed by atoms with Crippen molar-refractivity contribution >= 4 is 40.7 Å². The van der Waals surface area contributed by atoms with Crippen LogP contribution in [0.15, 0.2) is 42.5 Å². The fourth-order valence-electron chi connectivity index (χ4n) is 3.38. The van der Waals surface area contributed by atoms with Gasteiger partial charge in [-0.2, -0.15) is 0 Å². The van der Waals surface area contributed by atoms with E-state index in [0.717, 1.165) is 24.9 Å². The standard InChI is InChI=1S/C20H21Cl2N3O2/c21-16-8-5-14(12-17(16)22)18-2-1-10-25(18)11-9-19(26)24-15-6-3-13(4-7-15)20(23)27/h3-8,12,18H,1-2,9-11H2,(H2,23,27)(H,24,26). The Labute approximate surface area is 168 Å². The molecule has 1 heterocycles. The van der Waals surface area contributed by atoms with Crippen LogP contribution in [0.1, 0.15) is 41.2 Å². The summed E-state index contributed by atoms with van der Waals surface area (Å²) in [4.78, 5) is 25.6. The highest BCUT2D eigenvalue weighted by molar-refractivity contribution is 6.42. The minimum atomic E-state index is -0.491. The molecule has 1 saturated heterocycles. The Bertz CT molecular complexity index is 840. The molecule has 0 aliphatic carbocycles. The van der Waals surface area contributed by atoms with Gasteiger partial charge in [0, 0.05) is 30.3 Å². The van der Waals surface area contributed by atoms with Gasteiger partial charge in [0.25, 0.3) is 0 Å². The van der Waals surface area contributed by atoms with E-state index < -0.39 is 5.91 Å². The maximum atomic E-state index is 12.3. The van der Waals surface area contributed by atoms with E-state index in [-0.39, 0.29) is 11.9 Å². The molecule has 1 atom stereocenters. The normalized spacial score (nSPS) is 17.0. The molecule has 0 aromatic heterocycles. The molecule has 2 aromatic carbocycles. The number of rotatable bonds is 6. The number of likely N-dealkylation sites (tertiary alicyclic amines) is 1. The van der Waals surface area contributed by atoms with Crippen molar-refractivity contribution in [2.45, 2.75) is 25.3 Å². The van der Waals surface area contributed by atoms with Gasteiger partial charge < -0.3 is 11.1 Å². The van der Waals surface area contributed by atoms with Gasteiger partial charge in [-0.05, 0) is 61.3 Å². The average molecular weight is 406 g/mol. The molecule has 1 fully saturated rings. The molecule has 0 saturated carbocycles. The summed E-state index contributed by atoms with van der Waals surface area (Å²) in [6.07, 6.45) is 2.50. The first-order chi connectivity index (χ1) is 12.9. The summed E-state index contributed by atoms with van der Waals surface area (Å²) in [5.41, 5.74) is 7.40. The molecule has 0 bridgehead atoms. The molecule has 1 aliphatic rings. The molecular formula is C20H21Cl2N3O2. The average Bonchev–Trinajstić information content (AvgIpc) is 3.11. The van der Waals surface area contributed by atoms with Gasteiger partial charge in [0.15, 0.2) is 0 Å². The van der Waals surface area contributed by atoms with Crippen LogP contribution in [0.5, 0.6) is 0 Å². The first-order valence-electron chi connectivity index (χ1n) is 8.83. The molecule has 1 aliphatic heterocycles. The van der Waals surface area contributed by atoms with E-state index >= 15 is 0 Å². The number of hydrogen-bond acceptors (Lipinski definition) is 3. The van der Waals surface area contributed by atoms with Gasteiger partial charge in [-0.3, -0.25) is 14.5 Å². The molecule has 142 valence electrons. The quantitative estimate of drug-likeness (QED) is 0.753. The first-order valence-corrected chi connectivity index (χ1v) is 9.58. The first kappa shape index (κ1) is 19.7. The Kier molecular flexibility index (Phi) is 6.37. The van der Waals surface area contributed by atoms with Crippen molar-refractivity contribution in [1.82, 2.24) is 4.90 Å². The predicted octanol–water partition coefficient (Wildman–Crippen LogP) is 4.26. The van der Waals surface area contributed by atoms with Crippen molar-refractivity contribution in [1.29, 1.82) is 0 Å².